The van der Waals surface area contributed by atoms with Crippen LogP contribution in [0.1, 0.15) is 0 Å². The Hall–Kier alpha value is -2.53. The van der Waals surface area contributed by atoms with Gasteiger partial charge >= 0.3 is 0 Å². The van der Waals surface area contributed by atoms with Gasteiger partial charge in [0.05, 0.1) is 0 Å². The molecule has 6 aromatic rings. The Morgan fingerprint density at radius 1 is 0.633 bits per heavy atom. The maximum atomic E-state index is 2.41. The third kappa shape index (κ3) is 1.86. The number of rotatable bonds is 0. The molecule has 4 heterocycles. The molecule has 8 rings (SSSR count). The average Bonchev–Trinajstić information content (AvgIpc) is 3.44. The van der Waals surface area contributed by atoms with E-state index in [-0.39, 0.29) is 0 Å². The van der Waals surface area contributed by atoms with Gasteiger partial charge in [-0.2, -0.15) is 0 Å². The summed E-state index contributed by atoms with van der Waals surface area (Å²) in [5.74, 6) is 0. The van der Waals surface area contributed by atoms with Gasteiger partial charge < -0.3 is 0 Å². The summed E-state index contributed by atoms with van der Waals surface area (Å²) in [7, 11) is 0. The third-order valence-corrected chi connectivity index (χ3v) is 10.1. The molecule has 0 aliphatic carbocycles. The first-order chi connectivity index (χ1) is 14.9. The Morgan fingerprint density at radius 2 is 1.43 bits per heavy atom. The van der Waals surface area contributed by atoms with Crippen LogP contribution < -0.4 is 15.7 Å². The van der Waals surface area contributed by atoms with Crippen molar-refractivity contribution in [3.05, 3.63) is 78.9 Å². The molecule has 2 aliphatic rings. The van der Waals surface area contributed by atoms with Crippen LogP contribution in [0.4, 0.5) is 0 Å². The molecule has 4 aromatic carbocycles. The maximum Gasteiger partial charge on any atom is 0.258 e. The lowest BCUT2D eigenvalue weighted by Gasteiger charge is -2.24. The van der Waals surface area contributed by atoms with E-state index in [4.69, 9.17) is 0 Å². The van der Waals surface area contributed by atoms with E-state index in [0.717, 1.165) is 0 Å². The van der Waals surface area contributed by atoms with Crippen molar-refractivity contribution in [2.75, 3.05) is 0 Å². The van der Waals surface area contributed by atoms with Gasteiger partial charge in [0.25, 0.3) is 6.71 Å². The van der Waals surface area contributed by atoms with Gasteiger partial charge in [-0.25, -0.2) is 0 Å². The zero-order chi connectivity index (χ0) is 19.4. The summed E-state index contributed by atoms with van der Waals surface area (Å²) in [5.41, 5.74) is 5.93. The lowest BCUT2D eigenvalue weighted by Crippen LogP contribution is -2.51. The van der Waals surface area contributed by atoms with Gasteiger partial charge in [0.15, 0.2) is 0 Å². The SMILES string of the molecule is c1cc2c3c(c1)-c1c(sc4ccccc14)B3c1ccc3sc4ccccc4c3c1S2. The molecule has 30 heavy (non-hydrogen) atoms. The lowest BCUT2D eigenvalue weighted by atomic mass is 9.41. The van der Waals surface area contributed by atoms with Crippen molar-refractivity contribution in [1.29, 1.82) is 0 Å². The van der Waals surface area contributed by atoms with E-state index in [1.807, 2.05) is 34.4 Å². The molecule has 0 nitrogen and oxygen atoms in total. The van der Waals surface area contributed by atoms with Crippen molar-refractivity contribution >= 4 is 87.1 Å². The van der Waals surface area contributed by atoms with E-state index in [2.05, 4.69) is 78.9 Å². The van der Waals surface area contributed by atoms with Crippen molar-refractivity contribution in [2.24, 2.45) is 0 Å². The Kier molecular flexibility index (Phi) is 3.02. The predicted molar refractivity (Wildman–Crippen MR) is 135 cm³/mol. The minimum absolute atomic E-state index is 0.364. The van der Waals surface area contributed by atoms with E-state index in [9.17, 15) is 0 Å². The molecule has 0 fully saturated rings. The second-order valence-electron chi connectivity index (χ2n) is 8.05. The van der Waals surface area contributed by atoms with Crippen LogP contribution in [0.5, 0.6) is 0 Å². The van der Waals surface area contributed by atoms with Gasteiger partial charge in [-0.1, -0.05) is 71.8 Å². The highest BCUT2D eigenvalue weighted by Gasteiger charge is 2.42. The van der Waals surface area contributed by atoms with Gasteiger partial charge in [-0.05, 0) is 51.0 Å². The second-order valence-corrected chi connectivity index (χ2v) is 11.3. The second kappa shape index (κ2) is 5.58. The first kappa shape index (κ1) is 16.2. The summed E-state index contributed by atoms with van der Waals surface area (Å²) in [6.07, 6.45) is 0. The molecule has 0 radical (unpaired) electrons. The smallest absolute Gasteiger partial charge is 0.149 e. The van der Waals surface area contributed by atoms with Gasteiger partial charge in [-0.15, -0.1) is 22.7 Å². The van der Waals surface area contributed by atoms with Gasteiger partial charge in [0.2, 0.25) is 0 Å². The van der Waals surface area contributed by atoms with Crippen molar-refractivity contribution in [3.63, 3.8) is 0 Å². The normalized spacial score (nSPS) is 13.8. The van der Waals surface area contributed by atoms with Crippen molar-refractivity contribution in [2.45, 2.75) is 9.79 Å². The number of hydrogen-bond acceptors (Lipinski definition) is 3. The molecule has 2 aromatic heterocycles. The monoisotopic (exact) mass is 432 g/mol. The van der Waals surface area contributed by atoms with Crippen molar-refractivity contribution in [1.82, 2.24) is 0 Å². The highest BCUT2D eigenvalue weighted by molar-refractivity contribution is 8.00. The van der Waals surface area contributed by atoms with Crippen molar-refractivity contribution < 1.29 is 0 Å². The van der Waals surface area contributed by atoms with Gasteiger partial charge in [0, 0.05) is 34.7 Å². The van der Waals surface area contributed by atoms with Crippen LogP contribution in [0.25, 0.3) is 41.4 Å². The Bertz CT molecular complexity index is 1690. The highest BCUT2D eigenvalue weighted by Crippen LogP contribution is 2.46. The topological polar surface area (TPSA) is 0 Å². The molecule has 4 heteroatoms. The Labute approximate surface area is 186 Å². The number of fused-ring (bicyclic) bond motifs is 11. The Morgan fingerprint density at radius 3 is 2.33 bits per heavy atom. The Balaban J connectivity index is 1.53. The molecule has 138 valence electrons. The molecule has 0 saturated carbocycles. The van der Waals surface area contributed by atoms with E-state index in [1.54, 1.807) is 0 Å². The fourth-order valence-corrected chi connectivity index (χ4v) is 9.23. The molecule has 0 unspecified atom stereocenters. The predicted octanol–water partition coefficient (Wildman–Crippen LogP) is 6.23. The van der Waals surface area contributed by atoms with E-state index >= 15 is 0 Å². The van der Waals surface area contributed by atoms with E-state index in [1.165, 1.54) is 66.9 Å². The molecular formula is C26H13BS3. The molecule has 0 atom stereocenters. The van der Waals surface area contributed by atoms with Gasteiger partial charge in [-0.3, -0.25) is 0 Å². The number of benzene rings is 4. The fourth-order valence-electron chi connectivity index (χ4n) is 5.37. The van der Waals surface area contributed by atoms with E-state index in [0.29, 0.717) is 6.71 Å². The van der Waals surface area contributed by atoms with Crippen LogP contribution in [-0.2, 0) is 0 Å². The van der Waals surface area contributed by atoms with E-state index < -0.39 is 0 Å². The van der Waals surface area contributed by atoms with Crippen LogP contribution in [0.3, 0.4) is 0 Å². The van der Waals surface area contributed by atoms with Crippen LogP contribution >= 0.6 is 34.4 Å². The molecule has 0 N–H and O–H groups in total. The minimum Gasteiger partial charge on any atom is -0.149 e. The van der Waals surface area contributed by atoms with Crippen LogP contribution in [0, 0.1) is 0 Å². The first-order valence-electron chi connectivity index (χ1n) is 10.2. The summed E-state index contributed by atoms with van der Waals surface area (Å²) in [4.78, 5) is 2.89. The van der Waals surface area contributed by atoms with Crippen LogP contribution in [0.15, 0.2) is 88.7 Å². The zero-order valence-electron chi connectivity index (χ0n) is 15.8. The summed E-state index contributed by atoms with van der Waals surface area (Å²) in [6.45, 7) is 0.364. The molecule has 0 bridgehead atoms. The average molecular weight is 432 g/mol. The summed E-state index contributed by atoms with van der Waals surface area (Å²) in [6, 6.07) is 29.5. The molecule has 0 amide bonds. The fraction of sp³-hybridized carbons (Fsp3) is 0. The molecular weight excluding hydrogens is 419 g/mol. The quantitative estimate of drug-likeness (QED) is 0.256. The van der Waals surface area contributed by atoms with Crippen molar-refractivity contribution in [3.8, 4) is 11.1 Å². The molecule has 0 saturated heterocycles. The largest absolute Gasteiger partial charge is 0.258 e. The van der Waals surface area contributed by atoms with Crippen LogP contribution in [-0.4, -0.2) is 6.71 Å². The minimum atomic E-state index is 0.364. The highest BCUT2D eigenvalue weighted by atomic mass is 32.2. The summed E-state index contributed by atoms with van der Waals surface area (Å²) in [5, 5.41) is 4.26. The number of hydrogen-bond donors (Lipinski definition) is 0. The van der Waals surface area contributed by atoms with Gasteiger partial charge in [0.1, 0.15) is 0 Å². The number of thiophene rings is 2. The molecule has 0 spiro atoms. The lowest BCUT2D eigenvalue weighted by molar-refractivity contribution is 1.48. The standard InChI is InChI=1S/C26H13BS3/c1-4-10-19-14(6-1)22-16-8-5-11-21-24(16)27(26(22)30-19)17-12-13-20-23(25(17)29-21)15-7-2-3-9-18(15)28-20/h1-13H. The summed E-state index contributed by atoms with van der Waals surface area (Å²) >= 11 is 5.88. The first-order valence-corrected chi connectivity index (χ1v) is 12.6. The zero-order valence-corrected chi connectivity index (χ0v) is 18.3. The maximum absolute atomic E-state index is 2.41. The summed E-state index contributed by atoms with van der Waals surface area (Å²) < 4.78 is 5.71. The van der Waals surface area contributed by atoms with Crippen LogP contribution in [0.2, 0.25) is 0 Å². The molecule has 2 aliphatic heterocycles. The third-order valence-electron chi connectivity index (χ3n) is 6.56.